The zero-order chi connectivity index (χ0) is 7.73. The van der Waals surface area contributed by atoms with Crippen molar-refractivity contribution in [2.45, 2.75) is 31.5 Å². The zero-order valence-corrected chi connectivity index (χ0v) is 6.77. The lowest BCUT2D eigenvalue weighted by Crippen LogP contribution is -2.35. The van der Waals surface area contributed by atoms with Crippen LogP contribution in [0.2, 0.25) is 0 Å². The van der Waals surface area contributed by atoms with Crippen LogP contribution in [0.15, 0.2) is 12.2 Å². The minimum Gasteiger partial charge on any atom is -0.350 e. The smallest absolute Gasteiger partial charge is 0.172 e. The van der Waals surface area contributed by atoms with Crippen molar-refractivity contribution in [2.75, 3.05) is 13.2 Å². The van der Waals surface area contributed by atoms with Crippen LogP contribution in [-0.4, -0.2) is 19.0 Å². The topological polar surface area (TPSA) is 18.5 Å². The summed E-state index contributed by atoms with van der Waals surface area (Å²) in [6, 6.07) is 0. The summed E-state index contributed by atoms with van der Waals surface area (Å²) in [7, 11) is 0. The Balaban J connectivity index is 2.05. The molecule has 0 N–H and O–H groups in total. The van der Waals surface area contributed by atoms with Crippen LogP contribution in [0.25, 0.3) is 0 Å². The molecule has 0 amide bonds. The van der Waals surface area contributed by atoms with Crippen molar-refractivity contribution in [3.63, 3.8) is 0 Å². The average Bonchev–Trinajstić information content (AvgIpc) is 2.37. The predicted molar refractivity (Wildman–Crippen MR) is 42.2 cm³/mol. The molecular formula is C9H14O2. The second-order valence-electron chi connectivity index (χ2n) is 3.39. The molecule has 0 aromatic carbocycles. The SMILES string of the molecule is C=C1CCO[C@@]2(CCCO2)C1. The van der Waals surface area contributed by atoms with Crippen molar-refractivity contribution in [1.29, 1.82) is 0 Å². The molecule has 0 unspecified atom stereocenters. The molecule has 0 saturated carbocycles. The maximum absolute atomic E-state index is 5.61. The van der Waals surface area contributed by atoms with E-state index in [1.165, 1.54) is 5.57 Å². The molecule has 62 valence electrons. The Morgan fingerprint density at radius 2 is 2.09 bits per heavy atom. The van der Waals surface area contributed by atoms with Gasteiger partial charge >= 0.3 is 0 Å². The van der Waals surface area contributed by atoms with Gasteiger partial charge in [0.05, 0.1) is 13.2 Å². The zero-order valence-electron chi connectivity index (χ0n) is 6.77. The van der Waals surface area contributed by atoms with E-state index in [4.69, 9.17) is 9.47 Å². The van der Waals surface area contributed by atoms with E-state index < -0.39 is 0 Å². The van der Waals surface area contributed by atoms with Gasteiger partial charge in [-0.2, -0.15) is 0 Å². The van der Waals surface area contributed by atoms with Crippen LogP contribution in [-0.2, 0) is 9.47 Å². The number of ether oxygens (including phenoxy) is 2. The first kappa shape index (κ1) is 7.32. The van der Waals surface area contributed by atoms with Crippen LogP contribution in [0.3, 0.4) is 0 Å². The van der Waals surface area contributed by atoms with Crippen molar-refractivity contribution < 1.29 is 9.47 Å². The van der Waals surface area contributed by atoms with E-state index >= 15 is 0 Å². The van der Waals surface area contributed by atoms with Gasteiger partial charge in [0.15, 0.2) is 5.79 Å². The monoisotopic (exact) mass is 154 g/mol. The van der Waals surface area contributed by atoms with Gasteiger partial charge in [-0.3, -0.25) is 0 Å². The molecule has 11 heavy (non-hydrogen) atoms. The highest BCUT2D eigenvalue weighted by Gasteiger charge is 2.38. The summed E-state index contributed by atoms with van der Waals surface area (Å²) in [4.78, 5) is 0. The molecule has 0 bridgehead atoms. The first-order valence-corrected chi connectivity index (χ1v) is 4.25. The summed E-state index contributed by atoms with van der Waals surface area (Å²) < 4.78 is 11.2. The second kappa shape index (κ2) is 2.61. The van der Waals surface area contributed by atoms with E-state index in [0.717, 1.165) is 38.9 Å². The molecule has 2 nitrogen and oxygen atoms in total. The molecule has 1 spiro atoms. The lowest BCUT2D eigenvalue weighted by Gasteiger charge is -2.33. The quantitative estimate of drug-likeness (QED) is 0.496. The fourth-order valence-corrected chi connectivity index (χ4v) is 1.83. The highest BCUT2D eigenvalue weighted by atomic mass is 16.7. The summed E-state index contributed by atoms with van der Waals surface area (Å²) in [5.74, 6) is -0.255. The standard InChI is InChI=1S/C9H14O2/c1-8-3-6-11-9(7-8)4-2-5-10-9/h1-7H2/t9-/m0/s1. The molecule has 0 radical (unpaired) electrons. The molecule has 2 saturated heterocycles. The molecule has 1 atom stereocenters. The molecule has 2 heteroatoms. The van der Waals surface area contributed by atoms with Crippen molar-refractivity contribution in [3.8, 4) is 0 Å². The number of hydrogen-bond acceptors (Lipinski definition) is 2. The average molecular weight is 154 g/mol. The highest BCUT2D eigenvalue weighted by molar-refractivity contribution is 5.03. The van der Waals surface area contributed by atoms with Crippen LogP contribution in [0, 0.1) is 0 Å². The molecule has 2 aliphatic rings. The Labute approximate surface area is 67.2 Å². The van der Waals surface area contributed by atoms with Gasteiger partial charge in [0.25, 0.3) is 0 Å². The molecule has 0 aromatic heterocycles. The molecular weight excluding hydrogens is 140 g/mol. The van der Waals surface area contributed by atoms with E-state index in [1.54, 1.807) is 0 Å². The number of hydrogen-bond donors (Lipinski definition) is 0. The Kier molecular flexibility index (Phi) is 1.74. The Morgan fingerprint density at radius 1 is 1.27 bits per heavy atom. The Hall–Kier alpha value is -0.340. The van der Waals surface area contributed by atoms with Gasteiger partial charge in [-0.15, -0.1) is 0 Å². The van der Waals surface area contributed by atoms with E-state index in [9.17, 15) is 0 Å². The first-order valence-electron chi connectivity index (χ1n) is 4.25. The molecule has 2 fully saturated rings. The fraction of sp³-hybridized carbons (Fsp3) is 0.778. The van der Waals surface area contributed by atoms with E-state index in [2.05, 4.69) is 6.58 Å². The van der Waals surface area contributed by atoms with Crippen molar-refractivity contribution >= 4 is 0 Å². The van der Waals surface area contributed by atoms with Gasteiger partial charge in [0, 0.05) is 12.8 Å². The van der Waals surface area contributed by atoms with E-state index in [1.807, 2.05) is 0 Å². The Bertz CT molecular complexity index is 168. The summed E-state index contributed by atoms with van der Waals surface area (Å²) >= 11 is 0. The molecule has 0 aliphatic carbocycles. The largest absolute Gasteiger partial charge is 0.350 e. The van der Waals surface area contributed by atoms with Gasteiger partial charge < -0.3 is 9.47 Å². The third-order valence-corrected chi connectivity index (χ3v) is 2.41. The molecule has 0 aromatic rings. The minimum atomic E-state index is -0.255. The molecule has 2 heterocycles. The van der Waals surface area contributed by atoms with Gasteiger partial charge in [-0.25, -0.2) is 0 Å². The first-order chi connectivity index (χ1) is 5.31. The normalized spacial score (nSPS) is 38.4. The lowest BCUT2D eigenvalue weighted by atomic mass is 9.99. The fourth-order valence-electron chi connectivity index (χ4n) is 1.83. The summed E-state index contributed by atoms with van der Waals surface area (Å²) in [5, 5.41) is 0. The third-order valence-electron chi connectivity index (χ3n) is 2.41. The number of rotatable bonds is 0. The van der Waals surface area contributed by atoms with E-state index in [0.29, 0.717) is 0 Å². The maximum atomic E-state index is 5.61. The highest BCUT2D eigenvalue weighted by Crippen LogP contribution is 2.36. The minimum absolute atomic E-state index is 0.255. The van der Waals surface area contributed by atoms with Gasteiger partial charge in [-0.1, -0.05) is 12.2 Å². The van der Waals surface area contributed by atoms with Crippen LogP contribution in [0.4, 0.5) is 0 Å². The van der Waals surface area contributed by atoms with Crippen LogP contribution in [0.1, 0.15) is 25.7 Å². The van der Waals surface area contributed by atoms with Gasteiger partial charge in [0.1, 0.15) is 0 Å². The third kappa shape index (κ3) is 1.33. The van der Waals surface area contributed by atoms with E-state index in [-0.39, 0.29) is 5.79 Å². The molecule has 2 rings (SSSR count). The van der Waals surface area contributed by atoms with Crippen LogP contribution >= 0.6 is 0 Å². The van der Waals surface area contributed by atoms with Crippen molar-refractivity contribution in [2.24, 2.45) is 0 Å². The van der Waals surface area contributed by atoms with Crippen molar-refractivity contribution in [1.82, 2.24) is 0 Å². The lowest BCUT2D eigenvalue weighted by molar-refractivity contribution is -0.218. The predicted octanol–water partition coefficient (Wildman–Crippen LogP) is 1.86. The van der Waals surface area contributed by atoms with Gasteiger partial charge in [-0.05, 0) is 12.8 Å². The maximum Gasteiger partial charge on any atom is 0.172 e. The summed E-state index contributed by atoms with van der Waals surface area (Å²) in [5.41, 5.74) is 1.28. The van der Waals surface area contributed by atoms with Crippen LogP contribution < -0.4 is 0 Å². The summed E-state index contributed by atoms with van der Waals surface area (Å²) in [6.07, 6.45) is 4.09. The van der Waals surface area contributed by atoms with Crippen molar-refractivity contribution in [3.05, 3.63) is 12.2 Å². The summed E-state index contributed by atoms with van der Waals surface area (Å²) in [6.45, 7) is 5.62. The van der Waals surface area contributed by atoms with Gasteiger partial charge in [0.2, 0.25) is 0 Å². The second-order valence-corrected chi connectivity index (χ2v) is 3.39. The van der Waals surface area contributed by atoms with Crippen LogP contribution in [0.5, 0.6) is 0 Å². The Morgan fingerprint density at radius 3 is 2.73 bits per heavy atom. The molecule has 2 aliphatic heterocycles.